The zero-order valence-electron chi connectivity index (χ0n) is 13.7. The molecular weight excluding hydrogens is 324 g/mol. The van der Waals surface area contributed by atoms with Gasteiger partial charge in [-0.15, -0.1) is 11.3 Å². The molecule has 1 amide bonds. The van der Waals surface area contributed by atoms with Gasteiger partial charge in [0.05, 0.1) is 22.7 Å². The van der Waals surface area contributed by atoms with Gasteiger partial charge in [0.1, 0.15) is 5.82 Å². The Labute approximate surface area is 145 Å². The monoisotopic (exact) mass is 346 g/mol. The highest BCUT2D eigenvalue weighted by Gasteiger charge is 2.34. The molecule has 3 heterocycles. The van der Waals surface area contributed by atoms with Gasteiger partial charge < -0.3 is 15.3 Å². The average Bonchev–Trinajstić information content (AvgIpc) is 2.99. The van der Waals surface area contributed by atoms with Crippen LogP contribution >= 0.6 is 11.3 Å². The van der Waals surface area contributed by atoms with Crippen LogP contribution < -0.4 is 10.2 Å². The average molecular weight is 346 g/mol. The van der Waals surface area contributed by atoms with Crippen LogP contribution in [0.25, 0.3) is 0 Å². The van der Waals surface area contributed by atoms with Gasteiger partial charge in [-0.3, -0.25) is 4.79 Å². The smallest absolute Gasteiger partial charge is 0.226 e. The second kappa shape index (κ2) is 7.27. The molecule has 0 bridgehead atoms. The minimum absolute atomic E-state index is 0.108. The number of anilines is 1. The molecule has 3 rings (SSSR count). The number of thiazole rings is 1. The lowest BCUT2D eigenvalue weighted by molar-refractivity contribution is -0.121. The topological polar surface area (TPSA) is 78.3 Å². The molecule has 128 valence electrons. The van der Waals surface area contributed by atoms with Crippen molar-refractivity contribution in [3.05, 3.63) is 40.5 Å². The van der Waals surface area contributed by atoms with Gasteiger partial charge in [-0.1, -0.05) is 6.07 Å². The number of aliphatic hydroxyl groups is 1. The maximum absolute atomic E-state index is 12.1. The standard InChI is InChI=1S/C17H22N4O2S/c1-13-20-14(10-24-13)9-16(22)19-11-17(23)6-4-8-21(12-17)15-5-2-3-7-18-15/h2-3,5,7,10,23H,4,6,8-9,11-12H2,1H3,(H,19,22). The number of aryl methyl sites for hydroxylation is 1. The van der Waals surface area contributed by atoms with E-state index in [2.05, 4.69) is 20.2 Å². The van der Waals surface area contributed by atoms with Crippen LogP contribution in [-0.2, 0) is 11.2 Å². The molecule has 2 aromatic rings. The van der Waals surface area contributed by atoms with Crippen LogP contribution in [0.1, 0.15) is 23.5 Å². The largest absolute Gasteiger partial charge is 0.386 e. The summed E-state index contributed by atoms with van der Waals surface area (Å²) in [4.78, 5) is 22.8. The maximum atomic E-state index is 12.1. The Bertz CT molecular complexity index is 691. The van der Waals surface area contributed by atoms with Crippen LogP contribution in [0.15, 0.2) is 29.8 Å². The summed E-state index contributed by atoms with van der Waals surface area (Å²) in [5.41, 5.74) is -0.149. The van der Waals surface area contributed by atoms with Gasteiger partial charge in [0.15, 0.2) is 0 Å². The molecule has 1 aliphatic heterocycles. The van der Waals surface area contributed by atoms with Crippen molar-refractivity contribution in [1.29, 1.82) is 0 Å². The highest BCUT2D eigenvalue weighted by Crippen LogP contribution is 2.24. The molecule has 1 saturated heterocycles. The zero-order valence-corrected chi connectivity index (χ0v) is 14.6. The molecule has 6 nitrogen and oxygen atoms in total. The highest BCUT2D eigenvalue weighted by atomic mass is 32.1. The molecule has 7 heteroatoms. The Kier molecular flexibility index (Phi) is 5.11. The number of aromatic nitrogens is 2. The summed E-state index contributed by atoms with van der Waals surface area (Å²) in [6.45, 7) is 3.51. The van der Waals surface area contributed by atoms with Crippen molar-refractivity contribution >= 4 is 23.1 Å². The number of piperidine rings is 1. The molecule has 2 N–H and O–H groups in total. The molecule has 1 fully saturated rings. The first-order chi connectivity index (χ1) is 11.5. The number of rotatable bonds is 5. The molecule has 0 spiro atoms. The fraction of sp³-hybridized carbons (Fsp3) is 0.471. The lowest BCUT2D eigenvalue weighted by Gasteiger charge is -2.39. The van der Waals surface area contributed by atoms with Crippen molar-refractivity contribution < 1.29 is 9.90 Å². The maximum Gasteiger partial charge on any atom is 0.226 e. The van der Waals surface area contributed by atoms with Crippen molar-refractivity contribution in [3.63, 3.8) is 0 Å². The summed E-state index contributed by atoms with van der Waals surface area (Å²) in [7, 11) is 0. The van der Waals surface area contributed by atoms with E-state index in [0.29, 0.717) is 13.0 Å². The van der Waals surface area contributed by atoms with Crippen LogP contribution in [-0.4, -0.2) is 46.2 Å². The van der Waals surface area contributed by atoms with E-state index in [1.165, 1.54) is 11.3 Å². The van der Waals surface area contributed by atoms with Gasteiger partial charge in [-0.05, 0) is 31.9 Å². The van der Waals surface area contributed by atoms with E-state index in [1.807, 2.05) is 30.5 Å². The van der Waals surface area contributed by atoms with E-state index >= 15 is 0 Å². The molecule has 0 aliphatic carbocycles. The summed E-state index contributed by atoms with van der Waals surface area (Å²) < 4.78 is 0. The summed E-state index contributed by atoms with van der Waals surface area (Å²) in [6, 6.07) is 5.75. The van der Waals surface area contributed by atoms with Gasteiger partial charge in [0, 0.05) is 31.2 Å². The van der Waals surface area contributed by atoms with Gasteiger partial charge in [0.2, 0.25) is 5.91 Å². The summed E-state index contributed by atoms with van der Waals surface area (Å²) in [5, 5.41) is 16.5. The zero-order chi connectivity index (χ0) is 17.0. The van der Waals surface area contributed by atoms with Crippen LogP contribution in [0.2, 0.25) is 0 Å². The van der Waals surface area contributed by atoms with Crippen LogP contribution in [0.5, 0.6) is 0 Å². The molecule has 24 heavy (non-hydrogen) atoms. The summed E-state index contributed by atoms with van der Waals surface area (Å²) in [6.07, 6.45) is 3.55. The lowest BCUT2D eigenvalue weighted by atomic mass is 9.92. The second-order valence-electron chi connectivity index (χ2n) is 6.25. The van der Waals surface area contributed by atoms with Crippen molar-refractivity contribution in [2.75, 3.05) is 24.5 Å². The molecule has 0 saturated carbocycles. The second-order valence-corrected chi connectivity index (χ2v) is 7.31. The fourth-order valence-corrected chi connectivity index (χ4v) is 3.59. The van der Waals surface area contributed by atoms with Gasteiger partial charge in [0.25, 0.3) is 0 Å². The third kappa shape index (κ3) is 4.30. The third-order valence-electron chi connectivity index (χ3n) is 4.15. The Morgan fingerprint density at radius 2 is 2.38 bits per heavy atom. The van der Waals surface area contributed by atoms with Gasteiger partial charge in [-0.2, -0.15) is 0 Å². The van der Waals surface area contributed by atoms with E-state index < -0.39 is 5.60 Å². The Hall–Kier alpha value is -1.99. The Morgan fingerprint density at radius 3 is 3.08 bits per heavy atom. The number of hydrogen-bond donors (Lipinski definition) is 2. The summed E-state index contributed by atoms with van der Waals surface area (Å²) in [5.74, 6) is 0.753. The third-order valence-corrected chi connectivity index (χ3v) is 4.97. The quantitative estimate of drug-likeness (QED) is 0.859. The first-order valence-electron chi connectivity index (χ1n) is 8.10. The number of nitrogens with one attached hydrogen (secondary N) is 1. The minimum atomic E-state index is -0.927. The van der Waals surface area contributed by atoms with Crippen LogP contribution in [0.4, 0.5) is 5.82 Å². The molecule has 2 aromatic heterocycles. The van der Waals surface area contributed by atoms with E-state index in [-0.39, 0.29) is 18.9 Å². The fourth-order valence-electron chi connectivity index (χ4n) is 2.97. The number of carbonyl (C=O) groups is 1. The highest BCUT2D eigenvalue weighted by molar-refractivity contribution is 7.09. The Balaban J connectivity index is 1.54. The van der Waals surface area contributed by atoms with Crippen LogP contribution in [0, 0.1) is 6.92 Å². The van der Waals surface area contributed by atoms with E-state index in [9.17, 15) is 9.90 Å². The minimum Gasteiger partial charge on any atom is -0.386 e. The molecular formula is C17H22N4O2S. The summed E-state index contributed by atoms with van der Waals surface area (Å²) >= 11 is 1.54. The molecule has 1 unspecified atom stereocenters. The normalized spacial score (nSPS) is 20.8. The molecule has 0 radical (unpaired) electrons. The van der Waals surface area contributed by atoms with Gasteiger partial charge in [-0.25, -0.2) is 9.97 Å². The predicted molar refractivity (Wildman–Crippen MR) is 94.2 cm³/mol. The van der Waals surface area contributed by atoms with Crippen molar-refractivity contribution in [1.82, 2.24) is 15.3 Å². The van der Waals surface area contributed by atoms with E-state index in [1.54, 1.807) is 6.20 Å². The number of amides is 1. The molecule has 1 atom stereocenters. The number of hydrogen-bond acceptors (Lipinski definition) is 6. The van der Waals surface area contributed by atoms with Crippen LogP contribution in [0.3, 0.4) is 0 Å². The lowest BCUT2D eigenvalue weighted by Crippen LogP contribution is -2.54. The van der Waals surface area contributed by atoms with E-state index in [4.69, 9.17) is 0 Å². The number of β-amino-alcohol motifs (C(OH)–C–C–N with tert-alkyl or cyclic N) is 1. The molecule has 1 aliphatic rings. The number of carbonyl (C=O) groups excluding carboxylic acids is 1. The number of pyridine rings is 1. The van der Waals surface area contributed by atoms with Crippen molar-refractivity contribution in [2.24, 2.45) is 0 Å². The van der Waals surface area contributed by atoms with Gasteiger partial charge >= 0.3 is 0 Å². The van der Waals surface area contributed by atoms with Crippen molar-refractivity contribution in [3.8, 4) is 0 Å². The number of nitrogens with zero attached hydrogens (tertiary/aromatic N) is 3. The first-order valence-corrected chi connectivity index (χ1v) is 8.98. The van der Waals surface area contributed by atoms with E-state index in [0.717, 1.165) is 29.5 Å². The SMILES string of the molecule is Cc1nc(CC(=O)NCC2(O)CCCN(c3ccccn3)C2)cs1. The molecule has 0 aromatic carbocycles. The Morgan fingerprint density at radius 1 is 1.50 bits per heavy atom. The van der Waals surface area contributed by atoms with Crippen molar-refractivity contribution in [2.45, 2.75) is 31.8 Å². The first kappa shape index (κ1) is 16.9. The predicted octanol–water partition coefficient (Wildman–Crippen LogP) is 1.54.